The van der Waals surface area contributed by atoms with Gasteiger partial charge in [0.05, 0.1) is 5.02 Å². The summed E-state index contributed by atoms with van der Waals surface area (Å²) in [6.45, 7) is 2.68. The maximum Gasteiger partial charge on any atom is 0.260 e. The smallest absolute Gasteiger partial charge is 0.260 e. The van der Waals surface area contributed by atoms with Crippen molar-refractivity contribution >= 4 is 45.8 Å². The number of rotatable bonds is 5. The van der Waals surface area contributed by atoms with Crippen LogP contribution in [0, 0.1) is 5.92 Å². The molecule has 1 fully saturated rings. The van der Waals surface area contributed by atoms with Crippen molar-refractivity contribution in [1.82, 2.24) is 10.2 Å². The maximum absolute atomic E-state index is 12.1. The van der Waals surface area contributed by atoms with Crippen LogP contribution in [0.15, 0.2) is 22.7 Å². The van der Waals surface area contributed by atoms with Crippen LogP contribution in [-0.2, 0) is 4.79 Å². The molecular formula is C15H21BrCl2N2O2. The van der Waals surface area contributed by atoms with Gasteiger partial charge in [0.25, 0.3) is 5.91 Å². The van der Waals surface area contributed by atoms with Crippen molar-refractivity contribution < 1.29 is 9.53 Å². The molecule has 1 amide bonds. The Morgan fingerprint density at radius 2 is 2.14 bits per heavy atom. The van der Waals surface area contributed by atoms with E-state index < -0.39 is 0 Å². The van der Waals surface area contributed by atoms with Gasteiger partial charge in [-0.2, -0.15) is 0 Å². The molecule has 0 aromatic heterocycles. The number of hydrogen-bond acceptors (Lipinski definition) is 3. The molecule has 4 nitrogen and oxygen atoms in total. The molecule has 1 heterocycles. The summed E-state index contributed by atoms with van der Waals surface area (Å²) < 4.78 is 6.41. The van der Waals surface area contributed by atoms with Crippen molar-refractivity contribution in [3.05, 3.63) is 27.7 Å². The Balaban J connectivity index is 0.00000242. The highest BCUT2D eigenvalue weighted by molar-refractivity contribution is 9.10. The highest BCUT2D eigenvalue weighted by Crippen LogP contribution is 2.27. The minimum absolute atomic E-state index is 0. The van der Waals surface area contributed by atoms with Crippen LogP contribution in [0.3, 0.4) is 0 Å². The van der Waals surface area contributed by atoms with E-state index >= 15 is 0 Å². The zero-order chi connectivity index (χ0) is 15.2. The lowest BCUT2D eigenvalue weighted by atomic mass is 9.97. The average molecular weight is 412 g/mol. The third-order valence-electron chi connectivity index (χ3n) is 3.71. The molecule has 7 heteroatoms. The zero-order valence-corrected chi connectivity index (χ0v) is 15.6. The van der Waals surface area contributed by atoms with Gasteiger partial charge in [0, 0.05) is 17.6 Å². The quantitative estimate of drug-likeness (QED) is 0.807. The van der Waals surface area contributed by atoms with E-state index in [1.807, 2.05) is 18.0 Å². The monoisotopic (exact) mass is 410 g/mol. The number of nitrogens with one attached hydrogen (secondary N) is 1. The second-order valence-electron chi connectivity index (χ2n) is 5.25. The van der Waals surface area contributed by atoms with Crippen LogP contribution in [0.5, 0.6) is 5.75 Å². The predicted octanol–water partition coefficient (Wildman–Crippen LogP) is 3.36. The molecule has 1 saturated heterocycles. The van der Waals surface area contributed by atoms with Crippen LogP contribution in [-0.4, -0.2) is 44.1 Å². The fourth-order valence-electron chi connectivity index (χ4n) is 2.50. The largest absolute Gasteiger partial charge is 0.482 e. The molecule has 1 aromatic carbocycles. The number of piperidine rings is 1. The standard InChI is InChI=1S/C15H20BrClN2O2.ClH/c1-18-9-11-4-6-19(7-5-11)15(20)10-21-14-3-2-12(16)8-13(14)17;/h2-3,8,11,18H,4-7,9-10H2,1H3;1H. The highest BCUT2D eigenvalue weighted by Gasteiger charge is 2.22. The Hall–Kier alpha value is -0.490. The summed E-state index contributed by atoms with van der Waals surface area (Å²) in [6.07, 6.45) is 2.09. The molecule has 1 aliphatic rings. The summed E-state index contributed by atoms with van der Waals surface area (Å²) >= 11 is 9.40. The maximum atomic E-state index is 12.1. The number of ether oxygens (including phenoxy) is 1. The molecule has 2 rings (SSSR count). The van der Waals surface area contributed by atoms with Gasteiger partial charge in [-0.25, -0.2) is 0 Å². The normalized spacial score (nSPS) is 15.3. The molecule has 1 aromatic rings. The van der Waals surface area contributed by atoms with Gasteiger partial charge in [-0.05, 0) is 50.6 Å². The predicted molar refractivity (Wildman–Crippen MR) is 95.1 cm³/mol. The number of halogens is 3. The number of carbonyl (C=O) groups is 1. The second kappa shape index (κ2) is 9.60. The molecule has 124 valence electrons. The van der Waals surface area contributed by atoms with E-state index in [9.17, 15) is 4.79 Å². The van der Waals surface area contributed by atoms with Gasteiger partial charge in [0.15, 0.2) is 6.61 Å². The van der Waals surface area contributed by atoms with Gasteiger partial charge in [-0.15, -0.1) is 12.4 Å². The number of nitrogens with zero attached hydrogens (tertiary/aromatic N) is 1. The van der Waals surface area contributed by atoms with Crippen molar-refractivity contribution in [1.29, 1.82) is 0 Å². The van der Waals surface area contributed by atoms with E-state index in [1.165, 1.54) is 0 Å². The molecule has 1 N–H and O–H groups in total. The van der Waals surface area contributed by atoms with Crippen molar-refractivity contribution in [2.45, 2.75) is 12.8 Å². The van der Waals surface area contributed by atoms with E-state index in [1.54, 1.807) is 12.1 Å². The summed E-state index contributed by atoms with van der Waals surface area (Å²) in [6, 6.07) is 5.36. The van der Waals surface area contributed by atoms with Gasteiger partial charge in [-0.3, -0.25) is 4.79 Å². The first-order valence-corrected chi connectivity index (χ1v) is 8.27. The van der Waals surface area contributed by atoms with Crippen molar-refractivity contribution in [2.24, 2.45) is 5.92 Å². The van der Waals surface area contributed by atoms with Crippen molar-refractivity contribution in [3.63, 3.8) is 0 Å². The average Bonchev–Trinajstić information content (AvgIpc) is 2.47. The van der Waals surface area contributed by atoms with E-state index in [0.29, 0.717) is 16.7 Å². The molecule has 0 spiro atoms. The molecule has 0 saturated carbocycles. The summed E-state index contributed by atoms with van der Waals surface area (Å²) in [5.41, 5.74) is 0. The highest BCUT2D eigenvalue weighted by atomic mass is 79.9. The number of amides is 1. The number of likely N-dealkylation sites (tertiary alicyclic amines) is 1. The SMILES string of the molecule is CNCC1CCN(C(=O)COc2ccc(Br)cc2Cl)CC1.Cl. The fourth-order valence-corrected chi connectivity index (χ4v) is 3.23. The van der Waals surface area contributed by atoms with Gasteiger partial charge in [-0.1, -0.05) is 27.5 Å². The third-order valence-corrected chi connectivity index (χ3v) is 4.49. The van der Waals surface area contributed by atoms with E-state index in [-0.39, 0.29) is 24.9 Å². The molecule has 22 heavy (non-hydrogen) atoms. The molecule has 0 unspecified atom stereocenters. The van der Waals surface area contributed by atoms with E-state index in [0.717, 1.165) is 36.9 Å². The van der Waals surface area contributed by atoms with Crippen molar-refractivity contribution in [2.75, 3.05) is 33.3 Å². The van der Waals surface area contributed by atoms with Crippen molar-refractivity contribution in [3.8, 4) is 5.75 Å². The van der Waals surface area contributed by atoms with Crippen LogP contribution >= 0.6 is 39.9 Å². The summed E-state index contributed by atoms with van der Waals surface area (Å²) in [4.78, 5) is 14.0. The number of hydrogen-bond donors (Lipinski definition) is 1. The Labute approximate surface area is 151 Å². The summed E-state index contributed by atoms with van der Waals surface area (Å²) in [7, 11) is 1.97. The Morgan fingerprint density at radius 3 is 2.73 bits per heavy atom. The van der Waals surface area contributed by atoms with Crippen LogP contribution in [0.1, 0.15) is 12.8 Å². The fraction of sp³-hybridized carbons (Fsp3) is 0.533. The first kappa shape index (κ1) is 19.6. The Bertz CT molecular complexity index is 494. The molecule has 0 aliphatic carbocycles. The first-order chi connectivity index (χ1) is 10.1. The minimum Gasteiger partial charge on any atom is -0.482 e. The molecule has 1 aliphatic heterocycles. The van der Waals surface area contributed by atoms with Crippen LogP contribution in [0.4, 0.5) is 0 Å². The lowest BCUT2D eigenvalue weighted by Crippen LogP contribution is -2.42. The van der Waals surface area contributed by atoms with E-state index in [4.69, 9.17) is 16.3 Å². The zero-order valence-electron chi connectivity index (χ0n) is 12.5. The Morgan fingerprint density at radius 1 is 1.45 bits per heavy atom. The molecule has 0 bridgehead atoms. The topological polar surface area (TPSA) is 41.6 Å². The molecule has 0 radical (unpaired) electrons. The lowest BCUT2D eigenvalue weighted by molar-refractivity contribution is -0.134. The third kappa shape index (κ3) is 5.61. The van der Waals surface area contributed by atoms with Gasteiger partial charge in [0.2, 0.25) is 0 Å². The van der Waals surface area contributed by atoms with Crippen LogP contribution in [0.25, 0.3) is 0 Å². The summed E-state index contributed by atoms with van der Waals surface area (Å²) in [5.74, 6) is 1.23. The second-order valence-corrected chi connectivity index (χ2v) is 6.57. The number of benzene rings is 1. The van der Waals surface area contributed by atoms with Gasteiger partial charge >= 0.3 is 0 Å². The van der Waals surface area contributed by atoms with Crippen LogP contribution in [0.2, 0.25) is 5.02 Å². The van der Waals surface area contributed by atoms with E-state index in [2.05, 4.69) is 21.2 Å². The lowest BCUT2D eigenvalue weighted by Gasteiger charge is -2.31. The first-order valence-electron chi connectivity index (χ1n) is 7.10. The minimum atomic E-state index is 0. The van der Waals surface area contributed by atoms with Crippen LogP contribution < -0.4 is 10.1 Å². The number of carbonyl (C=O) groups excluding carboxylic acids is 1. The van der Waals surface area contributed by atoms with Gasteiger partial charge < -0.3 is 15.0 Å². The van der Waals surface area contributed by atoms with Gasteiger partial charge in [0.1, 0.15) is 5.75 Å². The Kier molecular flexibility index (Phi) is 8.54. The molecular weight excluding hydrogens is 391 g/mol. The molecule has 0 atom stereocenters. The summed E-state index contributed by atoms with van der Waals surface area (Å²) in [5, 5.41) is 3.70.